The lowest BCUT2D eigenvalue weighted by atomic mass is 9.63. The van der Waals surface area contributed by atoms with E-state index in [2.05, 4.69) is 16.0 Å². The van der Waals surface area contributed by atoms with Gasteiger partial charge in [-0.3, -0.25) is 28.9 Å². The zero-order valence-electron chi connectivity index (χ0n) is 21.5. The Balaban J connectivity index is 1.80. The van der Waals surface area contributed by atoms with Gasteiger partial charge >= 0.3 is 6.03 Å². The van der Waals surface area contributed by atoms with Crippen LogP contribution in [-0.4, -0.2) is 67.0 Å². The second-order valence-corrected chi connectivity index (χ2v) is 9.54. The molecule has 0 radical (unpaired) electrons. The van der Waals surface area contributed by atoms with Crippen molar-refractivity contribution in [1.29, 1.82) is 0 Å². The Morgan fingerprint density at radius 1 is 1.11 bits per heavy atom. The van der Waals surface area contributed by atoms with Crippen LogP contribution in [0.2, 0.25) is 0 Å². The van der Waals surface area contributed by atoms with Gasteiger partial charge in [-0.25, -0.2) is 4.79 Å². The van der Waals surface area contributed by atoms with Gasteiger partial charge in [0.25, 0.3) is 0 Å². The van der Waals surface area contributed by atoms with Crippen LogP contribution in [0.5, 0.6) is 0 Å². The predicted octanol–water partition coefficient (Wildman–Crippen LogP) is 0.608. The van der Waals surface area contributed by atoms with Gasteiger partial charge in [-0.15, -0.1) is 0 Å². The maximum atomic E-state index is 13.2. The van der Waals surface area contributed by atoms with Gasteiger partial charge in [0.2, 0.25) is 23.6 Å². The number of imide groups is 1. The van der Waals surface area contributed by atoms with E-state index in [0.29, 0.717) is 51.6 Å². The van der Waals surface area contributed by atoms with Crippen molar-refractivity contribution in [3.05, 3.63) is 0 Å². The summed E-state index contributed by atoms with van der Waals surface area (Å²) in [6.45, 7) is 2.78. The Kier molecular flexibility index (Phi) is 10.0. The number of Topliss-reactive ketones (excluding diaryl/α,β-unsaturated/α-hetero) is 1. The summed E-state index contributed by atoms with van der Waals surface area (Å²) in [7, 11) is -0.312. The maximum absolute atomic E-state index is 13.2. The Hall–Kier alpha value is -2.98. The molecule has 2 atom stereocenters. The quantitative estimate of drug-likeness (QED) is 0.148. The van der Waals surface area contributed by atoms with Gasteiger partial charge in [0.05, 0.1) is 0 Å². The van der Waals surface area contributed by atoms with Crippen molar-refractivity contribution in [3.8, 4) is 0 Å². The summed E-state index contributed by atoms with van der Waals surface area (Å²) in [6, 6.07) is -0.670. The van der Waals surface area contributed by atoms with Gasteiger partial charge in [0.1, 0.15) is 11.2 Å². The monoisotopic (exact) mass is 494 g/mol. The number of primary amides is 1. The number of hydrogen-bond donors (Lipinski definition) is 4. The number of carbonyl (C=O) groups excluding carboxylic acids is 6. The molecule has 0 aromatic carbocycles. The fourth-order valence-corrected chi connectivity index (χ4v) is 4.64. The number of nitrogens with two attached hydrogens (primary N) is 1. The topological polar surface area (TPSA) is 168 Å². The summed E-state index contributed by atoms with van der Waals surface area (Å²) in [5.41, 5.74) is 3.91. The zero-order chi connectivity index (χ0) is 26.7. The van der Waals surface area contributed by atoms with Gasteiger partial charge in [-0.1, -0.05) is 13.3 Å². The SMILES string of the molecule is [2H]CNC(=O)[C@H](CCCNC(N)=O)CC(=O)C1(C(=O)NCCCCCN2C(=O)CC(C)C2=O)CCC1. The summed E-state index contributed by atoms with van der Waals surface area (Å²) in [6.07, 6.45) is 4.56. The first-order valence-corrected chi connectivity index (χ1v) is 12.4. The fourth-order valence-electron chi connectivity index (χ4n) is 4.64. The predicted molar refractivity (Wildman–Crippen MR) is 128 cm³/mol. The van der Waals surface area contributed by atoms with Crippen LogP contribution in [0.15, 0.2) is 0 Å². The smallest absolute Gasteiger partial charge is 0.312 e. The minimum absolute atomic E-state index is 0.105. The van der Waals surface area contributed by atoms with Crippen LogP contribution in [0.3, 0.4) is 0 Å². The van der Waals surface area contributed by atoms with Crippen molar-refractivity contribution in [2.45, 2.75) is 71.1 Å². The summed E-state index contributed by atoms with van der Waals surface area (Å²) in [5.74, 6) is -2.23. The Labute approximate surface area is 207 Å². The maximum Gasteiger partial charge on any atom is 0.312 e. The van der Waals surface area contributed by atoms with E-state index in [1.54, 1.807) is 6.92 Å². The fraction of sp³-hybridized carbons (Fsp3) is 0.750. The highest BCUT2D eigenvalue weighted by Gasteiger charge is 2.50. The molecule has 2 rings (SSSR count). The molecule has 1 saturated heterocycles. The van der Waals surface area contributed by atoms with Crippen molar-refractivity contribution in [1.82, 2.24) is 20.9 Å². The van der Waals surface area contributed by atoms with Gasteiger partial charge in [-0.05, 0) is 44.9 Å². The molecule has 11 nitrogen and oxygen atoms in total. The lowest BCUT2D eigenvalue weighted by molar-refractivity contribution is -0.150. The molecule has 2 fully saturated rings. The van der Waals surface area contributed by atoms with Crippen molar-refractivity contribution in [2.75, 3.05) is 26.7 Å². The van der Waals surface area contributed by atoms with E-state index >= 15 is 0 Å². The lowest BCUT2D eigenvalue weighted by Crippen LogP contribution is -2.52. The normalized spacial score (nSPS) is 20.0. The minimum Gasteiger partial charge on any atom is -0.359 e. The number of nitrogens with zero attached hydrogens (tertiary/aromatic N) is 1. The number of urea groups is 1. The minimum atomic E-state index is -1.13. The molecule has 196 valence electrons. The summed E-state index contributed by atoms with van der Waals surface area (Å²) < 4.78 is 7.23. The molecule has 1 saturated carbocycles. The Morgan fingerprint density at radius 3 is 2.40 bits per heavy atom. The highest BCUT2D eigenvalue weighted by atomic mass is 16.2. The van der Waals surface area contributed by atoms with Crippen LogP contribution in [-0.2, 0) is 24.0 Å². The molecule has 0 bridgehead atoms. The first-order valence-electron chi connectivity index (χ1n) is 13.1. The molecule has 1 unspecified atom stereocenters. The van der Waals surface area contributed by atoms with Crippen molar-refractivity contribution < 1.29 is 30.1 Å². The molecule has 2 aliphatic rings. The van der Waals surface area contributed by atoms with Crippen molar-refractivity contribution in [2.24, 2.45) is 23.0 Å². The summed E-state index contributed by atoms with van der Waals surface area (Å²) in [4.78, 5) is 74.4. The number of nitrogens with one attached hydrogen (secondary N) is 3. The Bertz CT molecular complexity index is 847. The average Bonchev–Trinajstić information content (AvgIpc) is 3.02. The number of amides is 6. The third-order valence-electron chi connectivity index (χ3n) is 6.99. The van der Waals surface area contributed by atoms with Crippen molar-refractivity contribution >= 4 is 35.4 Å². The second-order valence-electron chi connectivity index (χ2n) is 9.54. The van der Waals surface area contributed by atoms with Gasteiger partial charge in [-0.2, -0.15) is 0 Å². The van der Waals surface area contributed by atoms with E-state index < -0.39 is 23.3 Å². The number of hydrogen-bond acceptors (Lipinski definition) is 6. The van der Waals surface area contributed by atoms with Crippen LogP contribution in [0, 0.1) is 17.3 Å². The van der Waals surface area contributed by atoms with Gasteiger partial charge < -0.3 is 21.7 Å². The third kappa shape index (κ3) is 7.50. The van der Waals surface area contributed by atoms with Gasteiger partial charge in [0, 0.05) is 52.7 Å². The van der Waals surface area contributed by atoms with Gasteiger partial charge in [0.15, 0.2) is 0 Å². The lowest BCUT2D eigenvalue weighted by Gasteiger charge is -2.39. The number of unbranched alkanes of at least 4 members (excludes halogenated alkanes) is 2. The van der Waals surface area contributed by atoms with E-state index in [-0.39, 0.29) is 55.8 Å². The van der Waals surface area contributed by atoms with E-state index in [1.165, 1.54) is 4.90 Å². The molecular weight excluding hydrogens is 454 g/mol. The average molecular weight is 495 g/mol. The van der Waals surface area contributed by atoms with E-state index in [1.807, 2.05) is 0 Å². The molecule has 0 aromatic heterocycles. The molecule has 1 aliphatic carbocycles. The number of likely N-dealkylation sites (tertiary alicyclic amines) is 1. The molecule has 1 heterocycles. The third-order valence-corrected chi connectivity index (χ3v) is 6.99. The largest absolute Gasteiger partial charge is 0.359 e. The standard InChI is InChI=1S/C24H39N5O6/c1-16-14-19(31)29(21(16)33)13-5-3-4-11-27-22(34)24(9-7-10-24)18(30)15-17(20(32)26-2)8-6-12-28-23(25)35/h16-17H,3-15H2,1-2H3,(H,26,32)(H,27,34)(H3,25,28,35)/t16?,17-/m1/s1/i2D. The zero-order valence-corrected chi connectivity index (χ0v) is 20.5. The van der Waals surface area contributed by atoms with Crippen LogP contribution < -0.4 is 21.7 Å². The first-order chi connectivity index (χ1) is 17.1. The van der Waals surface area contributed by atoms with Crippen molar-refractivity contribution in [3.63, 3.8) is 0 Å². The molecular formula is C24H39N5O6. The number of carbonyl (C=O) groups is 6. The van der Waals surface area contributed by atoms with Crippen LogP contribution >= 0.6 is 0 Å². The molecule has 1 aliphatic heterocycles. The first kappa shape index (κ1) is 26.6. The number of rotatable bonds is 15. The summed E-state index contributed by atoms with van der Waals surface area (Å²) in [5, 5.41) is 7.71. The molecule has 6 amide bonds. The molecule has 5 N–H and O–H groups in total. The molecule has 0 aromatic rings. The molecule has 11 heteroatoms. The summed E-state index contributed by atoms with van der Waals surface area (Å²) >= 11 is 0. The van der Waals surface area contributed by atoms with Crippen LogP contribution in [0.4, 0.5) is 4.79 Å². The second kappa shape index (κ2) is 13.2. The van der Waals surface area contributed by atoms with Crippen LogP contribution in [0.1, 0.15) is 72.5 Å². The highest BCUT2D eigenvalue weighted by molar-refractivity contribution is 6.08. The van der Waals surface area contributed by atoms with E-state index in [4.69, 9.17) is 7.10 Å². The van der Waals surface area contributed by atoms with E-state index in [0.717, 1.165) is 12.8 Å². The molecule has 0 spiro atoms. The van der Waals surface area contributed by atoms with Crippen LogP contribution in [0.25, 0.3) is 0 Å². The Morgan fingerprint density at radius 2 is 1.83 bits per heavy atom. The molecule has 35 heavy (non-hydrogen) atoms. The van der Waals surface area contributed by atoms with E-state index in [9.17, 15) is 28.8 Å². The number of ketones is 1. The highest BCUT2D eigenvalue weighted by Crippen LogP contribution is 2.43.